The SMILES string of the molecule is C[NH+](CC(=O)Nc1c(Cl)cccc1Cl)[C@@H]1CCCc2ccccc21. The van der Waals surface area contributed by atoms with Crippen molar-refractivity contribution in [2.45, 2.75) is 25.3 Å². The summed E-state index contributed by atoms with van der Waals surface area (Å²) in [6, 6.07) is 14.1. The van der Waals surface area contributed by atoms with E-state index in [1.807, 2.05) is 0 Å². The van der Waals surface area contributed by atoms with E-state index in [1.165, 1.54) is 16.0 Å². The second-order valence-corrected chi connectivity index (χ2v) is 7.13. The van der Waals surface area contributed by atoms with Crippen LogP contribution < -0.4 is 10.2 Å². The molecule has 0 heterocycles. The first kappa shape index (κ1) is 17.3. The number of anilines is 1. The van der Waals surface area contributed by atoms with E-state index in [0.717, 1.165) is 19.3 Å². The molecule has 3 nitrogen and oxygen atoms in total. The molecule has 0 saturated heterocycles. The van der Waals surface area contributed by atoms with Crippen LogP contribution in [0, 0.1) is 0 Å². The number of para-hydroxylation sites is 1. The van der Waals surface area contributed by atoms with Crippen molar-refractivity contribution in [1.29, 1.82) is 0 Å². The topological polar surface area (TPSA) is 33.5 Å². The molecule has 1 unspecified atom stereocenters. The van der Waals surface area contributed by atoms with Gasteiger partial charge in [0.05, 0.1) is 22.8 Å². The van der Waals surface area contributed by atoms with E-state index in [1.54, 1.807) is 18.2 Å². The van der Waals surface area contributed by atoms with Crippen molar-refractivity contribution in [2.75, 3.05) is 18.9 Å². The van der Waals surface area contributed by atoms with Gasteiger partial charge >= 0.3 is 0 Å². The molecule has 2 aromatic carbocycles. The first-order valence-electron chi connectivity index (χ1n) is 8.20. The van der Waals surface area contributed by atoms with Crippen LogP contribution >= 0.6 is 23.2 Å². The Balaban J connectivity index is 1.69. The third kappa shape index (κ3) is 3.75. The Morgan fingerprint density at radius 1 is 1.17 bits per heavy atom. The second-order valence-electron chi connectivity index (χ2n) is 6.31. The molecule has 0 radical (unpaired) electrons. The van der Waals surface area contributed by atoms with Gasteiger partial charge in [0.2, 0.25) is 0 Å². The number of benzene rings is 2. The monoisotopic (exact) mass is 363 g/mol. The summed E-state index contributed by atoms with van der Waals surface area (Å²) in [7, 11) is 2.07. The van der Waals surface area contributed by atoms with Crippen molar-refractivity contribution in [3.05, 3.63) is 63.6 Å². The number of halogens is 2. The predicted molar refractivity (Wildman–Crippen MR) is 99.0 cm³/mol. The average Bonchev–Trinajstić information content (AvgIpc) is 2.57. The van der Waals surface area contributed by atoms with E-state index < -0.39 is 0 Å². The quantitative estimate of drug-likeness (QED) is 0.855. The molecule has 0 fully saturated rings. The molecule has 3 rings (SSSR count). The number of likely N-dealkylation sites (N-methyl/N-ethyl adjacent to an activating group) is 1. The van der Waals surface area contributed by atoms with Gasteiger partial charge in [0, 0.05) is 12.0 Å². The van der Waals surface area contributed by atoms with Gasteiger partial charge in [-0.2, -0.15) is 0 Å². The van der Waals surface area contributed by atoms with Gasteiger partial charge in [0.25, 0.3) is 5.91 Å². The molecule has 2 aromatic rings. The summed E-state index contributed by atoms with van der Waals surface area (Å²) < 4.78 is 0. The number of rotatable bonds is 4. The fourth-order valence-corrected chi connectivity index (χ4v) is 3.94. The van der Waals surface area contributed by atoms with Crippen LogP contribution in [0.15, 0.2) is 42.5 Å². The molecule has 1 aliphatic carbocycles. The van der Waals surface area contributed by atoms with Gasteiger partial charge < -0.3 is 10.2 Å². The summed E-state index contributed by atoms with van der Waals surface area (Å²) in [6.45, 7) is 0.376. The number of hydrogen-bond acceptors (Lipinski definition) is 1. The number of aryl methyl sites for hydroxylation is 1. The Labute approximate surface area is 152 Å². The minimum atomic E-state index is -0.0782. The molecule has 0 aliphatic heterocycles. The lowest BCUT2D eigenvalue weighted by Crippen LogP contribution is -3.10. The van der Waals surface area contributed by atoms with Crippen LogP contribution in [0.5, 0.6) is 0 Å². The molecule has 0 spiro atoms. The van der Waals surface area contributed by atoms with Gasteiger partial charge in [0.1, 0.15) is 6.04 Å². The molecule has 1 aliphatic rings. The van der Waals surface area contributed by atoms with Crippen molar-refractivity contribution in [1.82, 2.24) is 0 Å². The van der Waals surface area contributed by atoms with Crippen LogP contribution in [0.3, 0.4) is 0 Å². The van der Waals surface area contributed by atoms with E-state index in [-0.39, 0.29) is 5.91 Å². The highest BCUT2D eigenvalue weighted by Gasteiger charge is 2.28. The fourth-order valence-electron chi connectivity index (χ4n) is 3.44. The van der Waals surface area contributed by atoms with Gasteiger partial charge in [-0.3, -0.25) is 4.79 Å². The predicted octanol–water partition coefficient (Wildman–Crippen LogP) is 3.52. The zero-order chi connectivity index (χ0) is 17.1. The molecule has 0 aromatic heterocycles. The average molecular weight is 364 g/mol. The third-order valence-corrected chi connectivity index (χ3v) is 5.26. The maximum Gasteiger partial charge on any atom is 0.279 e. The van der Waals surface area contributed by atoms with E-state index >= 15 is 0 Å². The summed E-state index contributed by atoms with van der Waals surface area (Å²) >= 11 is 12.2. The first-order chi connectivity index (χ1) is 11.6. The van der Waals surface area contributed by atoms with E-state index in [0.29, 0.717) is 28.3 Å². The van der Waals surface area contributed by atoms with Crippen molar-refractivity contribution in [3.8, 4) is 0 Å². The highest BCUT2D eigenvalue weighted by atomic mass is 35.5. The molecule has 2 N–H and O–H groups in total. The number of carbonyl (C=O) groups excluding carboxylic acids is 1. The van der Waals surface area contributed by atoms with Gasteiger partial charge in [-0.1, -0.05) is 53.5 Å². The lowest BCUT2D eigenvalue weighted by atomic mass is 9.87. The summed E-state index contributed by atoms with van der Waals surface area (Å²) in [5.41, 5.74) is 3.26. The van der Waals surface area contributed by atoms with Gasteiger partial charge in [-0.15, -0.1) is 0 Å². The molecule has 126 valence electrons. The minimum Gasteiger partial charge on any atom is -0.323 e. The number of carbonyl (C=O) groups is 1. The van der Waals surface area contributed by atoms with Crippen molar-refractivity contribution in [3.63, 3.8) is 0 Å². The van der Waals surface area contributed by atoms with E-state index in [4.69, 9.17) is 23.2 Å². The highest BCUT2D eigenvalue weighted by Crippen LogP contribution is 2.30. The van der Waals surface area contributed by atoms with Crippen LogP contribution in [-0.2, 0) is 11.2 Å². The van der Waals surface area contributed by atoms with Crippen molar-refractivity contribution < 1.29 is 9.69 Å². The molecular weight excluding hydrogens is 343 g/mol. The summed E-state index contributed by atoms with van der Waals surface area (Å²) in [5, 5.41) is 3.76. The number of nitrogens with one attached hydrogen (secondary N) is 2. The lowest BCUT2D eigenvalue weighted by molar-refractivity contribution is -0.905. The number of hydrogen-bond donors (Lipinski definition) is 2. The zero-order valence-electron chi connectivity index (χ0n) is 13.6. The smallest absolute Gasteiger partial charge is 0.279 e. The van der Waals surface area contributed by atoms with Crippen LogP contribution in [0.1, 0.15) is 30.0 Å². The van der Waals surface area contributed by atoms with Crippen LogP contribution in [0.2, 0.25) is 10.0 Å². The van der Waals surface area contributed by atoms with Crippen LogP contribution in [-0.4, -0.2) is 19.5 Å². The lowest BCUT2D eigenvalue weighted by Gasteiger charge is -2.30. The van der Waals surface area contributed by atoms with Gasteiger partial charge in [-0.05, 0) is 30.5 Å². The number of fused-ring (bicyclic) bond motifs is 1. The summed E-state index contributed by atoms with van der Waals surface area (Å²) in [4.78, 5) is 13.6. The normalized spacial score (nSPS) is 17.9. The standard InChI is InChI=1S/C19H20Cl2N2O/c1-23(17-11-4-7-13-6-2-3-8-14(13)17)12-18(24)22-19-15(20)9-5-10-16(19)21/h2-3,5-6,8-10,17H,4,7,11-12H2,1H3,(H,22,24)/p+1/t17-/m1/s1. The Morgan fingerprint density at radius 2 is 1.88 bits per heavy atom. The van der Waals surface area contributed by atoms with Crippen LogP contribution in [0.25, 0.3) is 0 Å². The Morgan fingerprint density at radius 3 is 2.62 bits per heavy atom. The largest absolute Gasteiger partial charge is 0.323 e. The molecular formula is C19H21Cl2N2O+. The molecule has 0 bridgehead atoms. The van der Waals surface area contributed by atoms with E-state index in [9.17, 15) is 4.79 Å². The van der Waals surface area contributed by atoms with Crippen molar-refractivity contribution >= 4 is 34.8 Å². The maximum atomic E-state index is 12.4. The zero-order valence-corrected chi connectivity index (χ0v) is 15.1. The third-order valence-electron chi connectivity index (χ3n) is 4.63. The summed E-state index contributed by atoms with van der Waals surface area (Å²) in [5.74, 6) is -0.0782. The highest BCUT2D eigenvalue weighted by molar-refractivity contribution is 6.39. The molecule has 24 heavy (non-hydrogen) atoms. The molecule has 5 heteroatoms. The van der Waals surface area contributed by atoms with Crippen LogP contribution in [0.4, 0.5) is 5.69 Å². The van der Waals surface area contributed by atoms with E-state index in [2.05, 4.69) is 36.6 Å². The molecule has 1 amide bonds. The first-order valence-corrected chi connectivity index (χ1v) is 8.96. The van der Waals surface area contributed by atoms with Gasteiger partial charge in [-0.25, -0.2) is 0 Å². The Hall–Kier alpha value is -1.55. The number of amides is 1. The maximum absolute atomic E-state index is 12.4. The van der Waals surface area contributed by atoms with Crippen molar-refractivity contribution in [2.24, 2.45) is 0 Å². The summed E-state index contributed by atoms with van der Waals surface area (Å²) in [6.07, 6.45) is 3.39. The van der Waals surface area contributed by atoms with Gasteiger partial charge in [0.15, 0.2) is 6.54 Å². The Kier molecular flexibility index (Phi) is 5.44. The minimum absolute atomic E-state index is 0.0782. The number of quaternary nitrogens is 1. The molecule has 2 atom stereocenters. The Bertz CT molecular complexity index is 728. The fraction of sp³-hybridized carbons (Fsp3) is 0.316. The second kappa shape index (κ2) is 7.56. The molecule has 0 saturated carbocycles.